The molecule has 2 spiro atoms. The van der Waals surface area contributed by atoms with E-state index in [1.807, 2.05) is 62.7 Å². The van der Waals surface area contributed by atoms with E-state index < -0.39 is 22.3 Å². The van der Waals surface area contributed by atoms with Crippen molar-refractivity contribution in [2.45, 2.75) is 62.8 Å². The van der Waals surface area contributed by atoms with Gasteiger partial charge < -0.3 is 48.0 Å². The molecule has 16 nitrogen and oxygen atoms in total. The first-order valence-corrected chi connectivity index (χ1v) is 23.6. The number of rotatable bonds is 4. The number of hydrogen-bond acceptors (Lipinski definition) is 14. The topological polar surface area (TPSA) is 155 Å². The summed E-state index contributed by atoms with van der Waals surface area (Å²) >= 11 is 0. The van der Waals surface area contributed by atoms with Crippen LogP contribution in [0.25, 0.3) is 12.2 Å². The second-order valence-electron chi connectivity index (χ2n) is 19.1. The van der Waals surface area contributed by atoms with Gasteiger partial charge >= 0.3 is 0 Å². The van der Waals surface area contributed by atoms with Gasteiger partial charge in [-0.1, -0.05) is 36.4 Å². The number of benzene rings is 4. The van der Waals surface area contributed by atoms with Gasteiger partial charge in [-0.2, -0.15) is 0 Å². The average Bonchev–Trinajstić information content (AvgIpc) is 3.59. The molecule has 68 heavy (non-hydrogen) atoms. The van der Waals surface area contributed by atoms with Gasteiger partial charge in [0.05, 0.1) is 58.5 Å². The summed E-state index contributed by atoms with van der Waals surface area (Å²) < 4.78 is 39.0. The molecule has 1 fully saturated rings. The highest BCUT2D eigenvalue weighted by Crippen LogP contribution is 2.57. The molecule has 4 aromatic carbocycles. The lowest BCUT2D eigenvalue weighted by Crippen LogP contribution is -2.58. The van der Waals surface area contributed by atoms with Crippen molar-refractivity contribution in [1.29, 1.82) is 0 Å². The second kappa shape index (κ2) is 18.7. The Kier molecular flexibility index (Phi) is 12.9. The van der Waals surface area contributed by atoms with E-state index in [0.717, 1.165) is 22.5 Å². The maximum Gasteiger partial charge on any atom is 0.272 e. The fourth-order valence-electron chi connectivity index (χ4n) is 10.7. The number of hydrogen-bond donors (Lipinski definition) is 0. The Balaban J connectivity index is 0.900. The fraction of sp³-hybridized carbons (Fsp3) is 0.462. The molecule has 4 aromatic rings. The van der Waals surface area contributed by atoms with Crippen LogP contribution < -0.4 is 29.1 Å². The van der Waals surface area contributed by atoms with E-state index in [2.05, 4.69) is 71.6 Å². The standard InChI is InChI=1S/C52H62N6O10/c1-49(2)41-13-7-9-15-43(41)53(5)51(49)19-17-37-33-39(57(59)60)35-45(47(37)67-51)55-21-29-63-25-11-27-65-31-23-56(24-32-66-28-12-26-64-30-22-55)46-36-40(58(61)62)34-38-18-20-52(68-48(38)46)50(3,4)42-14-8-10-16-44(42)54(52)6/h7-10,13-20,33-36H,11-12,21-32H2,1-6H3. The zero-order chi connectivity index (χ0) is 47.8. The van der Waals surface area contributed by atoms with Gasteiger partial charge in [-0.25, -0.2) is 0 Å². The number of nitro benzene ring substituents is 2. The summed E-state index contributed by atoms with van der Waals surface area (Å²) in [6.45, 7) is 13.5. The number of nitrogens with zero attached hydrogens (tertiary/aromatic N) is 6. The molecule has 0 N–H and O–H groups in total. The van der Waals surface area contributed by atoms with Crippen LogP contribution in [0.4, 0.5) is 34.1 Å². The van der Waals surface area contributed by atoms with Crippen LogP contribution in [-0.2, 0) is 29.8 Å². The summed E-state index contributed by atoms with van der Waals surface area (Å²) in [6.07, 6.45) is 9.20. The molecular weight excluding hydrogens is 869 g/mol. The summed E-state index contributed by atoms with van der Waals surface area (Å²) in [5.74, 6) is 1.15. The van der Waals surface area contributed by atoms with Crippen molar-refractivity contribution in [3.05, 3.63) is 127 Å². The Hall–Kier alpha value is -6.20. The van der Waals surface area contributed by atoms with Crippen molar-refractivity contribution in [1.82, 2.24) is 0 Å². The van der Waals surface area contributed by atoms with E-state index in [-0.39, 0.29) is 21.2 Å². The van der Waals surface area contributed by atoms with Gasteiger partial charge in [0.2, 0.25) is 11.4 Å². The van der Waals surface area contributed by atoms with Crippen molar-refractivity contribution in [3.63, 3.8) is 0 Å². The SMILES string of the molecule is CN1c2ccccc2C(C)(C)C12C=Cc1cc([N+](=O)[O-])cc(N3CCOCCCOCCN(c4cc([N+](=O)[O-])cc5c4OC4(C=C5)N(C)c5ccccc5C4(C)C)CCOCCCOCC3)c1O2. The number of non-ortho nitro benzene ring substituents is 2. The number of fused-ring (bicyclic) bond motifs is 4. The molecule has 0 saturated carbocycles. The van der Waals surface area contributed by atoms with E-state index in [9.17, 15) is 20.2 Å². The Morgan fingerprint density at radius 1 is 0.500 bits per heavy atom. The third-order valence-corrected chi connectivity index (χ3v) is 14.6. The summed E-state index contributed by atoms with van der Waals surface area (Å²) in [4.78, 5) is 32.3. The van der Waals surface area contributed by atoms with Crippen LogP contribution in [0.1, 0.15) is 62.8 Å². The van der Waals surface area contributed by atoms with Gasteiger partial charge in [-0.05, 0) is 88.1 Å². The van der Waals surface area contributed by atoms with Crippen LogP contribution in [0.15, 0.2) is 84.9 Å². The zero-order valence-electron chi connectivity index (χ0n) is 39.9. The molecule has 16 heteroatoms. The first-order chi connectivity index (χ1) is 32.7. The highest BCUT2D eigenvalue weighted by atomic mass is 16.6. The number of ether oxygens (including phenoxy) is 6. The van der Waals surface area contributed by atoms with Crippen molar-refractivity contribution in [2.24, 2.45) is 0 Å². The minimum atomic E-state index is -0.879. The van der Waals surface area contributed by atoms with Crippen LogP contribution >= 0.6 is 0 Å². The summed E-state index contributed by atoms with van der Waals surface area (Å²) in [5, 5.41) is 24.6. The predicted molar refractivity (Wildman–Crippen MR) is 264 cm³/mol. The molecule has 0 aromatic heterocycles. The van der Waals surface area contributed by atoms with Crippen molar-refractivity contribution in [3.8, 4) is 11.5 Å². The lowest BCUT2D eigenvalue weighted by atomic mass is 9.76. The van der Waals surface area contributed by atoms with Gasteiger partial charge in [0.1, 0.15) is 0 Å². The fourth-order valence-corrected chi connectivity index (χ4v) is 10.7. The van der Waals surface area contributed by atoms with E-state index in [0.29, 0.717) is 126 Å². The highest BCUT2D eigenvalue weighted by molar-refractivity contribution is 5.81. The summed E-state index contributed by atoms with van der Waals surface area (Å²) in [5.41, 5.74) is 4.20. The van der Waals surface area contributed by atoms with E-state index in [1.165, 1.54) is 0 Å². The number of likely N-dealkylation sites (N-methyl/N-ethyl adjacent to an activating group) is 2. The second-order valence-corrected chi connectivity index (χ2v) is 19.1. The van der Waals surface area contributed by atoms with Crippen molar-refractivity contribution >= 4 is 46.3 Å². The first-order valence-electron chi connectivity index (χ1n) is 23.6. The lowest BCUT2D eigenvalue weighted by Gasteiger charge is -2.46. The molecule has 0 amide bonds. The smallest absolute Gasteiger partial charge is 0.272 e. The van der Waals surface area contributed by atoms with E-state index >= 15 is 0 Å². The normalized spacial score (nSPS) is 23.9. The van der Waals surface area contributed by atoms with Gasteiger partial charge in [0.15, 0.2) is 11.5 Å². The van der Waals surface area contributed by atoms with E-state index in [4.69, 9.17) is 28.4 Å². The van der Waals surface area contributed by atoms with Gasteiger partial charge in [0.25, 0.3) is 11.4 Å². The Morgan fingerprint density at radius 2 is 0.853 bits per heavy atom. The summed E-state index contributed by atoms with van der Waals surface area (Å²) in [7, 11) is 4.05. The minimum absolute atomic E-state index is 0.0265. The quantitative estimate of drug-likeness (QED) is 0.142. The van der Waals surface area contributed by atoms with Gasteiger partial charge in [-0.15, -0.1) is 0 Å². The number of para-hydroxylation sites is 2. The van der Waals surface area contributed by atoms with Crippen molar-refractivity contribution in [2.75, 3.05) is 113 Å². The largest absolute Gasteiger partial charge is 0.461 e. The van der Waals surface area contributed by atoms with Crippen LogP contribution in [0.2, 0.25) is 0 Å². The molecule has 5 aliphatic rings. The molecule has 5 heterocycles. The monoisotopic (exact) mass is 930 g/mol. The molecule has 0 bridgehead atoms. The zero-order valence-corrected chi connectivity index (χ0v) is 39.9. The van der Waals surface area contributed by atoms with Crippen LogP contribution in [0.5, 0.6) is 11.5 Å². The first kappa shape index (κ1) is 46.9. The maximum absolute atomic E-state index is 12.3. The van der Waals surface area contributed by atoms with Crippen LogP contribution in [0.3, 0.4) is 0 Å². The third-order valence-electron chi connectivity index (χ3n) is 14.6. The number of nitro groups is 2. The molecule has 2 unspecified atom stereocenters. The third kappa shape index (κ3) is 8.10. The van der Waals surface area contributed by atoms with E-state index in [1.54, 1.807) is 24.3 Å². The molecule has 0 radical (unpaired) electrons. The molecule has 360 valence electrons. The Labute approximate surface area is 397 Å². The molecule has 1 saturated heterocycles. The minimum Gasteiger partial charge on any atom is -0.461 e. The maximum atomic E-state index is 12.3. The molecular formula is C52H62N6O10. The highest BCUT2D eigenvalue weighted by Gasteiger charge is 2.59. The number of anilines is 4. The van der Waals surface area contributed by atoms with Crippen LogP contribution in [0, 0.1) is 20.2 Å². The van der Waals surface area contributed by atoms with Crippen molar-refractivity contribution < 1.29 is 38.3 Å². The molecule has 0 aliphatic carbocycles. The molecule has 2 atom stereocenters. The lowest BCUT2D eigenvalue weighted by molar-refractivity contribution is -0.385. The molecule has 9 rings (SSSR count). The van der Waals surface area contributed by atoms with Gasteiger partial charge in [0, 0.05) is 113 Å². The Morgan fingerprint density at radius 3 is 1.19 bits per heavy atom. The van der Waals surface area contributed by atoms with Gasteiger partial charge in [-0.3, -0.25) is 20.2 Å². The molecule has 5 aliphatic heterocycles. The van der Waals surface area contributed by atoms with Crippen LogP contribution in [-0.4, -0.2) is 114 Å². The predicted octanol–water partition coefficient (Wildman–Crippen LogP) is 8.74. The average molecular weight is 931 g/mol. The Bertz CT molecular complexity index is 2420. The summed E-state index contributed by atoms with van der Waals surface area (Å²) in [6, 6.07) is 22.9.